The van der Waals surface area contributed by atoms with E-state index in [4.69, 9.17) is 28.9 Å². The van der Waals surface area contributed by atoms with E-state index in [0.29, 0.717) is 75.8 Å². The van der Waals surface area contributed by atoms with Crippen molar-refractivity contribution in [1.29, 1.82) is 0 Å². The van der Waals surface area contributed by atoms with E-state index in [-0.39, 0.29) is 68.1 Å². The van der Waals surface area contributed by atoms with Gasteiger partial charge >= 0.3 is 12.2 Å². The summed E-state index contributed by atoms with van der Waals surface area (Å²) in [5, 5.41) is 5.71. The number of halogens is 2. The molecule has 2 unspecified atom stereocenters. The second kappa shape index (κ2) is 27.1. The summed E-state index contributed by atoms with van der Waals surface area (Å²) >= 11 is 0. The van der Waals surface area contributed by atoms with Crippen molar-refractivity contribution in [3.63, 3.8) is 0 Å². The van der Waals surface area contributed by atoms with Crippen molar-refractivity contribution >= 4 is 58.6 Å². The molecule has 18 nitrogen and oxygen atoms in total. The molecule has 4 bridgehead atoms. The molecule has 7 aliphatic rings. The van der Waals surface area contributed by atoms with Crippen LogP contribution in [0.1, 0.15) is 157 Å². The molecule has 3 aliphatic carbocycles. The first-order chi connectivity index (χ1) is 39.9. The van der Waals surface area contributed by atoms with Gasteiger partial charge in [-0.05, 0) is 148 Å². The smallest absolute Gasteiger partial charge is 0.408 e. The molecule has 6 heterocycles. The van der Waals surface area contributed by atoms with E-state index >= 15 is 0 Å². The molecule has 4 aromatic rings. The first-order valence-corrected chi connectivity index (χ1v) is 30.5. The second-order valence-corrected chi connectivity index (χ2v) is 27.2. The predicted molar refractivity (Wildman–Crippen MR) is 308 cm³/mol. The summed E-state index contributed by atoms with van der Waals surface area (Å²) in [6.45, 7) is 17.1. The molecule has 5 fully saturated rings. The molecule has 2 radical (unpaired) electrons. The van der Waals surface area contributed by atoms with Crippen LogP contribution in [-0.2, 0) is 78.6 Å². The molecule has 2 saturated heterocycles. The zero-order chi connectivity index (χ0) is 60.0. The number of hydrogen-bond donors (Lipinski definition) is 2. The topological polar surface area (TPSA) is 221 Å². The molecular weight excluding hydrogens is 1180 g/mol. The predicted octanol–water partition coefficient (Wildman–Crippen LogP) is 10.0. The number of fused-ring (bicyclic) bond motifs is 12. The van der Waals surface area contributed by atoms with Crippen LogP contribution in [0.5, 0.6) is 11.8 Å². The van der Waals surface area contributed by atoms with Crippen LogP contribution in [0.3, 0.4) is 0 Å². The van der Waals surface area contributed by atoms with Crippen LogP contribution < -0.4 is 20.1 Å². The zero-order valence-electron chi connectivity index (χ0n) is 50.9. The molecular formula is C64H82F2N8O10V2-2. The van der Waals surface area contributed by atoms with Crippen molar-refractivity contribution in [2.45, 2.75) is 207 Å². The Morgan fingerprint density at radius 1 is 0.581 bits per heavy atom. The Bertz CT molecular complexity index is 3050. The van der Waals surface area contributed by atoms with E-state index in [1.165, 1.54) is 40.5 Å². The van der Waals surface area contributed by atoms with Crippen molar-refractivity contribution in [1.82, 2.24) is 40.4 Å². The van der Waals surface area contributed by atoms with Crippen LogP contribution in [0.25, 0.3) is 22.1 Å². The molecule has 2 N–H and O–H groups in total. The van der Waals surface area contributed by atoms with E-state index in [0.717, 1.165) is 77.0 Å². The zero-order valence-corrected chi connectivity index (χ0v) is 53.7. The normalized spacial score (nSPS) is 31.8. The minimum Gasteiger partial charge on any atom is -0.540 e. The van der Waals surface area contributed by atoms with Crippen LogP contribution in [-0.4, -0.2) is 127 Å². The Kier molecular flexibility index (Phi) is 21.0. The van der Waals surface area contributed by atoms with Crippen LogP contribution >= 0.6 is 0 Å². The molecule has 4 amide bonds. The monoisotopic (exact) mass is 1260 g/mol. The van der Waals surface area contributed by atoms with Gasteiger partial charge in [0.25, 0.3) is 0 Å². The van der Waals surface area contributed by atoms with Gasteiger partial charge in [0.05, 0.1) is 35.2 Å². The Morgan fingerprint density at radius 3 is 1.55 bits per heavy atom. The summed E-state index contributed by atoms with van der Waals surface area (Å²) in [6.07, 6.45) is 15.2. The summed E-state index contributed by atoms with van der Waals surface area (Å²) in [5.74, 6) is -0.0471. The minimum absolute atomic E-state index is 0. The first kappa shape index (κ1) is 66.5. The number of ether oxygens (including phenoxy) is 4. The van der Waals surface area contributed by atoms with Gasteiger partial charge in [-0.3, -0.25) is 9.59 Å². The summed E-state index contributed by atoms with van der Waals surface area (Å²) < 4.78 is 52.9. The number of rotatable bonds is 2. The molecule has 4 aliphatic heterocycles. The van der Waals surface area contributed by atoms with E-state index in [9.17, 15) is 37.5 Å². The number of alkyl carbamates (subject to hydrolysis) is 2. The maximum absolute atomic E-state index is 14.0. The fourth-order valence-corrected chi connectivity index (χ4v) is 14.0. The van der Waals surface area contributed by atoms with Crippen LogP contribution in [0, 0.1) is 58.0 Å². The third-order valence-electron chi connectivity index (χ3n) is 19.1. The van der Waals surface area contributed by atoms with Gasteiger partial charge in [0.1, 0.15) is 59.0 Å². The average molecular weight is 1260 g/mol. The van der Waals surface area contributed by atoms with Crippen molar-refractivity contribution in [2.24, 2.45) is 46.3 Å². The fourth-order valence-electron chi connectivity index (χ4n) is 14.0. The van der Waals surface area contributed by atoms with Gasteiger partial charge in [-0.25, -0.2) is 50.9 Å². The Hall–Kier alpha value is -5.43. The van der Waals surface area contributed by atoms with Gasteiger partial charge < -0.3 is 49.0 Å². The Balaban J connectivity index is 0.000000218. The molecule has 14 atom stereocenters. The van der Waals surface area contributed by atoms with Gasteiger partial charge in [-0.2, -0.15) is 0 Å². The number of hydrogen-bond acceptors (Lipinski definition) is 14. The number of carbonyl (C=O) groups is 4. The largest absolute Gasteiger partial charge is 0.540 e. The van der Waals surface area contributed by atoms with Crippen molar-refractivity contribution in [3.8, 4) is 11.8 Å². The molecule has 22 heteroatoms. The number of aromatic nitrogens is 4. The van der Waals surface area contributed by atoms with Crippen LogP contribution in [0.2, 0.25) is 0 Å². The van der Waals surface area contributed by atoms with Gasteiger partial charge in [-0.15, -0.1) is 0 Å². The first-order valence-electron chi connectivity index (χ1n) is 30.5. The van der Waals surface area contributed by atoms with Gasteiger partial charge in [0, 0.05) is 49.2 Å². The number of amides is 4. The molecule has 464 valence electrons. The van der Waals surface area contributed by atoms with Gasteiger partial charge in [-0.1, -0.05) is 93.2 Å². The van der Waals surface area contributed by atoms with Gasteiger partial charge in [0.15, 0.2) is 0 Å². The average Bonchev–Trinajstić information content (AvgIpc) is 1.72. The Labute approximate surface area is 527 Å². The van der Waals surface area contributed by atoms with Gasteiger partial charge in [0.2, 0.25) is 23.6 Å². The molecule has 2 aromatic heterocycles. The number of aryl methyl sites for hydroxylation is 2. The summed E-state index contributed by atoms with van der Waals surface area (Å²) in [7, 11) is 0. The third-order valence-corrected chi connectivity index (χ3v) is 19.1. The quantitative estimate of drug-likeness (QED) is 0.178. The van der Waals surface area contributed by atoms with E-state index < -0.39 is 94.4 Å². The van der Waals surface area contributed by atoms with E-state index in [1.54, 1.807) is 12.1 Å². The van der Waals surface area contributed by atoms with Crippen molar-refractivity contribution in [2.75, 3.05) is 13.1 Å². The molecule has 3 saturated carbocycles. The fraction of sp³-hybridized carbons (Fsp3) is 0.656. The third kappa shape index (κ3) is 14.5. The van der Waals surface area contributed by atoms with Crippen LogP contribution in [0.4, 0.5) is 18.4 Å². The molecule has 11 rings (SSSR count). The summed E-state index contributed by atoms with van der Waals surface area (Å²) in [6, 6.07) is 5.02. The second-order valence-electron chi connectivity index (χ2n) is 27.2. The molecule has 2 aromatic carbocycles. The summed E-state index contributed by atoms with van der Waals surface area (Å²) in [4.78, 5) is 101. The van der Waals surface area contributed by atoms with Crippen LogP contribution in [0.15, 0.2) is 36.4 Å². The number of nitrogens with zero attached hydrogens (tertiary/aromatic N) is 6. The minimum atomic E-state index is -0.937. The Morgan fingerprint density at radius 2 is 1.06 bits per heavy atom. The summed E-state index contributed by atoms with van der Waals surface area (Å²) in [5.41, 5.74) is 1.38. The van der Waals surface area contributed by atoms with Crippen molar-refractivity contribution < 1.29 is 93.6 Å². The van der Waals surface area contributed by atoms with E-state index in [2.05, 4.69) is 20.6 Å². The maximum Gasteiger partial charge on any atom is 0.408 e. The van der Waals surface area contributed by atoms with Crippen molar-refractivity contribution in [3.05, 3.63) is 59.4 Å². The standard InChI is InChI=1S/C32H40FN4O5.C32H42FN4O5.2V/c1-17-25(16-38)37-15-27(17)41-29-23(34-22-11-10-19(33)14-24(22)35-29)9-7-5-6-8-20-21-12-18(21)13-26(20)42-31(40)36-28(30(37)39)32(2,3)4;1-19-25(18-38)37-17-26(19)41-28-23(34-22-14-13-21(33)16-24(22)35-28)12-8-6-7-10-20-11-9-15-32(20,5)42-30(40)36-27(29(37)39)31(2,3)4;;/h10-11,14,17-18,20-21,25-28H,5-9,12-13,15H2,1-4H3,(H,36,40);13-14,16,19-20,25-27H,6-12,15,17H2,1-5H3,(H,36,40);;/q2*-1;;/t17-,18?,20+,21?,25+,26+,27-,28+;19-,20+,25+,26-,27+,32+;;/m00../s1. The number of benzene rings is 2. The van der Waals surface area contributed by atoms with E-state index in [1.807, 2.05) is 74.9 Å². The number of carbonyl (C=O) groups excluding carboxylic acids is 6. The maximum atomic E-state index is 14.0. The molecule has 0 spiro atoms. The molecule has 86 heavy (non-hydrogen) atoms. The SMILES string of the molecule is C[C@@H]1[C@@H]2CN(C(=O)[C@H](C(C)(C)C)NC(=O)O[C@@H]3CC4CC4[C@H]3CCCCCc3nc4ccc(F)cc4nc3O2)[C@@H]1[C-]=O.C[C@@H]1[C@@H]2CN(C(=O)[C@H](C(C)(C)C)NC(=O)O[C@]3(C)CCC[C@H]3CCCCCc3nc4ccc(F)cc4nc3O2)[C@@H]1[C-]=O.[V].[V]. The number of nitrogens with one attached hydrogen (secondary N) is 2.